The van der Waals surface area contributed by atoms with Crippen LogP contribution in [0.2, 0.25) is 0 Å². The number of ether oxygens (including phenoxy) is 2. The number of rotatable bonds is 5. The summed E-state index contributed by atoms with van der Waals surface area (Å²) in [6, 6.07) is 4.32. The van der Waals surface area contributed by atoms with Gasteiger partial charge in [0.25, 0.3) is 0 Å². The van der Waals surface area contributed by atoms with E-state index in [1.807, 2.05) is 6.92 Å². The van der Waals surface area contributed by atoms with Gasteiger partial charge in [-0.05, 0) is 62.8 Å². The van der Waals surface area contributed by atoms with Crippen LogP contribution < -0.4 is 4.74 Å². The molecule has 0 bridgehead atoms. The number of hydrogen-bond donors (Lipinski definition) is 0. The summed E-state index contributed by atoms with van der Waals surface area (Å²) in [4.78, 5) is 0. The molecule has 0 N–H and O–H groups in total. The highest BCUT2D eigenvalue weighted by Crippen LogP contribution is 2.35. The standard InChI is InChI=1S/C16H24O2/c1-6-17-15-8-7-14(11(3)12(15)4)10(2)9-16-13(5)18-16/h7-8,10,13,16H,6,9H2,1-5H3. The minimum atomic E-state index is 0.455. The highest BCUT2D eigenvalue weighted by atomic mass is 16.6. The summed E-state index contributed by atoms with van der Waals surface area (Å²) in [5, 5.41) is 0. The molecule has 0 amide bonds. The van der Waals surface area contributed by atoms with Crippen LogP contribution in [-0.2, 0) is 4.74 Å². The zero-order chi connectivity index (χ0) is 13.3. The summed E-state index contributed by atoms with van der Waals surface area (Å²) < 4.78 is 11.2. The monoisotopic (exact) mass is 248 g/mol. The second kappa shape index (κ2) is 5.31. The second-order valence-corrected chi connectivity index (χ2v) is 5.35. The summed E-state index contributed by atoms with van der Waals surface area (Å²) in [5.74, 6) is 1.57. The van der Waals surface area contributed by atoms with E-state index in [1.54, 1.807) is 0 Å². The van der Waals surface area contributed by atoms with Gasteiger partial charge in [-0.1, -0.05) is 13.0 Å². The zero-order valence-corrected chi connectivity index (χ0v) is 12.1. The fourth-order valence-corrected chi connectivity index (χ4v) is 2.62. The molecule has 2 nitrogen and oxygen atoms in total. The molecule has 1 aromatic rings. The van der Waals surface area contributed by atoms with Crippen molar-refractivity contribution in [1.29, 1.82) is 0 Å². The maximum Gasteiger partial charge on any atom is 0.122 e. The van der Waals surface area contributed by atoms with Gasteiger partial charge in [-0.2, -0.15) is 0 Å². The van der Waals surface area contributed by atoms with Crippen molar-refractivity contribution in [3.63, 3.8) is 0 Å². The topological polar surface area (TPSA) is 21.8 Å². The van der Waals surface area contributed by atoms with Crippen molar-refractivity contribution in [3.05, 3.63) is 28.8 Å². The fraction of sp³-hybridized carbons (Fsp3) is 0.625. The fourth-order valence-electron chi connectivity index (χ4n) is 2.62. The van der Waals surface area contributed by atoms with Crippen molar-refractivity contribution in [2.75, 3.05) is 6.61 Å². The molecule has 2 heteroatoms. The lowest BCUT2D eigenvalue weighted by molar-refractivity contribution is 0.337. The Hall–Kier alpha value is -1.02. The molecule has 2 rings (SSSR count). The van der Waals surface area contributed by atoms with Crippen LogP contribution in [0, 0.1) is 13.8 Å². The Balaban J connectivity index is 2.15. The third kappa shape index (κ3) is 2.69. The van der Waals surface area contributed by atoms with Crippen LogP contribution in [0.4, 0.5) is 0 Å². The molecular formula is C16H24O2. The predicted molar refractivity (Wildman–Crippen MR) is 74.5 cm³/mol. The van der Waals surface area contributed by atoms with E-state index in [2.05, 4.69) is 39.8 Å². The average Bonchev–Trinajstić information content (AvgIpc) is 3.01. The third-order valence-corrected chi connectivity index (χ3v) is 4.03. The first-order valence-corrected chi connectivity index (χ1v) is 6.93. The molecule has 0 spiro atoms. The van der Waals surface area contributed by atoms with Gasteiger partial charge in [0.1, 0.15) is 5.75 Å². The van der Waals surface area contributed by atoms with Crippen molar-refractivity contribution in [1.82, 2.24) is 0 Å². The van der Waals surface area contributed by atoms with Gasteiger partial charge in [0.05, 0.1) is 18.8 Å². The molecule has 1 fully saturated rings. The Morgan fingerprint density at radius 2 is 1.94 bits per heavy atom. The molecule has 1 aromatic carbocycles. The maximum absolute atomic E-state index is 5.64. The molecule has 3 unspecified atom stereocenters. The van der Waals surface area contributed by atoms with Crippen molar-refractivity contribution in [2.45, 2.75) is 59.2 Å². The van der Waals surface area contributed by atoms with Gasteiger partial charge in [0.15, 0.2) is 0 Å². The lowest BCUT2D eigenvalue weighted by atomic mass is 9.89. The first-order valence-electron chi connectivity index (χ1n) is 6.93. The van der Waals surface area contributed by atoms with E-state index in [0.717, 1.165) is 18.8 Å². The molecule has 1 heterocycles. The smallest absolute Gasteiger partial charge is 0.122 e. The first-order chi connectivity index (χ1) is 8.54. The summed E-state index contributed by atoms with van der Waals surface area (Å²) in [6.07, 6.45) is 2.04. The van der Waals surface area contributed by atoms with Crippen LogP contribution in [0.3, 0.4) is 0 Å². The van der Waals surface area contributed by atoms with E-state index < -0.39 is 0 Å². The molecule has 1 saturated heterocycles. The molecule has 1 aliphatic rings. The molecule has 0 radical (unpaired) electrons. The molecule has 3 atom stereocenters. The van der Waals surface area contributed by atoms with Crippen molar-refractivity contribution in [3.8, 4) is 5.75 Å². The quantitative estimate of drug-likeness (QED) is 0.735. The van der Waals surface area contributed by atoms with Gasteiger partial charge < -0.3 is 9.47 Å². The van der Waals surface area contributed by atoms with Crippen LogP contribution in [0.25, 0.3) is 0 Å². The summed E-state index contributed by atoms with van der Waals surface area (Å²) in [5.41, 5.74) is 4.06. The van der Waals surface area contributed by atoms with Gasteiger partial charge in [-0.3, -0.25) is 0 Å². The Labute approximate surface area is 110 Å². The SMILES string of the molecule is CCOc1ccc(C(C)CC2OC2C)c(C)c1C. The van der Waals surface area contributed by atoms with Gasteiger partial charge in [0.2, 0.25) is 0 Å². The van der Waals surface area contributed by atoms with E-state index in [-0.39, 0.29) is 0 Å². The van der Waals surface area contributed by atoms with Crippen LogP contribution >= 0.6 is 0 Å². The average molecular weight is 248 g/mol. The molecule has 0 saturated carbocycles. The Morgan fingerprint density at radius 3 is 2.50 bits per heavy atom. The van der Waals surface area contributed by atoms with Crippen LogP contribution in [0.1, 0.15) is 49.8 Å². The minimum Gasteiger partial charge on any atom is -0.494 e. The van der Waals surface area contributed by atoms with Crippen molar-refractivity contribution < 1.29 is 9.47 Å². The summed E-state index contributed by atoms with van der Waals surface area (Å²) in [6.45, 7) is 11.5. The van der Waals surface area contributed by atoms with E-state index in [1.165, 1.54) is 16.7 Å². The maximum atomic E-state index is 5.64. The molecule has 0 aliphatic carbocycles. The minimum absolute atomic E-state index is 0.455. The van der Waals surface area contributed by atoms with Crippen LogP contribution in [-0.4, -0.2) is 18.8 Å². The lowest BCUT2D eigenvalue weighted by Gasteiger charge is -2.18. The van der Waals surface area contributed by atoms with Crippen molar-refractivity contribution >= 4 is 0 Å². The van der Waals surface area contributed by atoms with E-state index in [4.69, 9.17) is 9.47 Å². The lowest BCUT2D eigenvalue weighted by Crippen LogP contribution is -2.04. The van der Waals surface area contributed by atoms with E-state index in [9.17, 15) is 0 Å². The highest BCUT2D eigenvalue weighted by molar-refractivity contribution is 5.44. The van der Waals surface area contributed by atoms with E-state index in [0.29, 0.717) is 18.1 Å². The predicted octanol–water partition coefficient (Wildman–Crippen LogP) is 3.98. The zero-order valence-electron chi connectivity index (χ0n) is 12.1. The van der Waals surface area contributed by atoms with Crippen molar-refractivity contribution in [2.24, 2.45) is 0 Å². The molecule has 100 valence electrons. The van der Waals surface area contributed by atoms with Gasteiger partial charge in [0, 0.05) is 0 Å². The van der Waals surface area contributed by atoms with Gasteiger partial charge >= 0.3 is 0 Å². The number of benzene rings is 1. The van der Waals surface area contributed by atoms with Crippen LogP contribution in [0.15, 0.2) is 12.1 Å². The molecule has 1 aliphatic heterocycles. The Kier molecular flexibility index (Phi) is 3.96. The summed E-state index contributed by atoms with van der Waals surface area (Å²) >= 11 is 0. The molecular weight excluding hydrogens is 224 g/mol. The second-order valence-electron chi connectivity index (χ2n) is 5.35. The highest BCUT2D eigenvalue weighted by Gasteiger charge is 2.35. The normalized spacial score (nSPS) is 23.8. The third-order valence-electron chi connectivity index (χ3n) is 4.03. The number of epoxide rings is 1. The molecule has 18 heavy (non-hydrogen) atoms. The summed E-state index contributed by atoms with van der Waals surface area (Å²) in [7, 11) is 0. The largest absolute Gasteiger partial charge is 0.494 e. The van der Waals surface area contributed by atoms with Gasteiger partial charge in [-0.15, -0.1) is 0 Å². The Morgan fingerprint density at radius 1 is 1.28 bits per heavy atom. The van der Waals surface area contributed by atoms with E-state index >= 15 is 0 Å². The Bertz CT molecular complexity index is 425. The first kappa shape index (κ1) is 13.4. The van der Waals surface area contributed by atoms with Gasteiger partial charge in [-0.25, -0.2) is 0 Å². The molecule has 0 aromatic heterocycles. The number of hydrogen-bond acceptors (Lipinski definition) is 2. The van der Waals surface area contributed by atoms with Crippen LogP contribution in [0.5, 0.6) is 5.75 Å².